The van der Waals surface area contributed by atoms with Crippen LogP contribution in [0.1, 0.15) is 16.1 Å². The number of amides is 1. The van der Waals surface area contributed by atoms with Gasteiger partial charge in [0.2, 0.25) is 0 Å². The molecular formula is C13H11FN2O2. The highest BCUT2D eigenvalue weighted by Crippen LogP contribution is 2.10. The van der Waals surface area contributed by atoms with E-state index in [1.807, 2.05) is 0 Å². The third-order valence-electron chi connectivity index (χ3n) is 2.35. The summed E-state index contributed by atoms with van der Waals surface area (Å²) in [6.45, 7) is -0.167. The Morgan fingerprint density at radius 2 is 1.94 bits per heavy atom. The smallest absolute Gasteiger partial charge is 0.257 e. The maximum atomic E-state index is 12.7. The Bertz CT molecular complexity index is 538. The number of nitrogens with one attached hydrogen (secondary N) is 1. The van der Waals surface area contributed by atoms with Crippen molar-refractivity contribution in [3.8, 4) is 0 Å². The Morgan fingerprint density at radius 1 is 1.22 bits per heavy atom. The third kappa shape index (κ3) is 2.89. The van der Waals surface area contributed by atoms with E-state index < -0.39 is 0 Å². The number of nitrogens with zero attached hydrogens (tertiary/aromatic N) is 1. The summed E-state index contributed by atoms with van der Waals surface area (Å²) in [6, 6.07) is 8.62. The summed E-state index contributed by atoms with van der Waals surface area (Å²) in [5.41, 5.74) is 1.37. The van der Waals surface area contributed by atoms with Gasteiger partial charge in [0.1, 0.15) is 5.82 Å². The van der Waals surface area contributed by atoms with Gasteiger partial charge in [-0.3, -0.25) is 9.78 Å². The number of aromatic nitrogens is 1. The summed E-state index contributed by atoms with van der Waals surface area (Å²) in [5, 5.41) is 11.4. The maximum absolute atomic E-state index is 12.7. The lowest BCUT2D eigenvalue weighted by atomic mass is 10.2. The molecule has 1 aromatic heterocycles. The van der Waals surface area contributed by atoms with Gasteiger partial charge in [0.15, 0.2) is 0 Å². The molecule has 4 nitrogen and oxygen atoms in total. The van der Waals surface area contributed by atoms with Gasteiger partial charge in [0, 0.05) is 11.9 Å². The van der Waals surface area contributed by atoms with Crippen molar-refractivity contribution in [1.82, 2.24) is 4.98 Å². The number of carbonyl (C=O) groups excluding carboxylic acids is 1. The van der Waals surface area contributed by atoms with Gasteiger partial charge < -0.3 is 10.4 Å². The van der Waals surface area contributed by atoms with Crippen LogP contribution in [0.3, 0.4) is 0 Å². The molecule has 0 atom stereocenters. The van der Waals surface area contributed by atoms with Crippen molar-refractivity contribution in [2.45, 2.75) is 6.61 Å². The highest BCUT2D eigenvalue weighted by Gasteiger charge is 2.06. The fraction of sp³-hybridized carbons (Fsp3) is 0.0769. The summed E-state index contributed by atoms with van der Waals surface area (Å²) in [6.07, 6.45) is 1.38. The normalized spacial score (nSPS) is 10.1. The average molecular weight is 246 g/mol. The lowest BCUT2D eigenvalue weighted by Crippen LogP contribution is -2.12. The van der Waals surface area contributed by atoms with E-state index in [1.165, 1.54) is 30.5 Å². The predicted octanol–water partition coefficient (Wildman–Crippen LogP) is 1.97. The number of rotatable bonds is 3. The van der Waals surface area contributed by atoms with Crippen molar-refractivity contribution >= 4 is 11.6 Å². The van der Waals surface area contributed by atoms with Crippen LogP contribution in [0.2, 0.25) is 0 Å². The summed E-state index contributed by atoms with van der Waals surface area (Å²) in [7, 11) is 0. The Hall–Kier alpha value is -2.27. The van der Waals surface area contributed by atoms with Crippen molar-refractivity contribution in [2.24, 2.45) is 0 Å². The van der Waals surface area contributed by atoms with Crippen molar-refractivity contribution in [1.29, 1.82) is 0 Å². The molecule has 0 aliphatic rings. The molecule has 2 rings (SSSR count). The molecule has 1 aromatic carbocycles. The van der Waals surface area contributed by atoms with Gasteiger partial charge in [-0.15, -0.1) is 0 Å². The van der Waals surface area contributed by atoms with E-state index >= 15 is 0 Å². The summed E-state index contributed by atoms with van der Waals surface area (Å²) in [4.78, 5) is 15.7. The summed E-state index contributed by atoms with van der Waals surface area (Å²) < 4.78 is 12.7. The Kier molecular flexibility index (Phi) is 3.64. The lowest BCUT2D eigenvalue weighted by Gasteiger charge is -2.05. The lowest BCUT2D eigenvalue weighted by molar-refractivity contribution is 0.102. The molecule has 0 fully saturated rings. The summed E-state index contributed by atoms with van der Waals surface area (Å²) >= 11 is 0. The van der Waals surface area contributed by atoms with Gasteiger partial charge in [0.25, 0.3) is 5.91 Å². The molecule has 0 aliphatic carbocycles. The molecule has 2 N–H and O–H groups in total. The van der Waals surface area contributed by atoms with E-state index in [1.54, 1.807) is 12.1 Å². The molecule has 0 radical (unpaired) electrons. The van der Waals surface area contributed by atoms with Crippen LogP contribution in [0.5, 0.6) is 0 Å². The molecular weight excluding hydrogens is 235 g/mol. The number of aliphatic hydroxyl groups excluding tert-OH is 1. The molecule has 92 valence electrons. The maximum Gasteiger partial charge on any atom is 0.257 e. The summed E-state index contributed by atoms with van der Waals surface area (Å²) in [5.74, 6) is -0.694. The van der Waals surface area contributed by atoms with E-state index in [-0.39, 0.29) is 18.3 Å². The van der Waals surface area contributed by atoms with Gasteiger partial charge in [-0.05, 0) is 36.4 Å². The van der Waals surface area contributed by atoms with Crippen LogP contribution in [0.4, 0.5) is 10.1 Å². The van der Waals surface area contributed by atoms with Gasteiger partial charge in [0.05, 0.1) is 17.9 Å². The first-order valence-electron chi connectivity index (χ1n) is 5.32. The first kappa shape index (κ1) is 12.2. The standard InChI is InChI=1S/C13H11FN2O2/c14-10-2-5-11(6-3-10)16-13(18)9-1-4-12(8-17)15-7-9/h1-7,17H,8H2,(H,16,18). The number of halogens is 1. The zero-order chi connectivity index (χ0) is 13.0. The molecule has 0 bridgehead atoms. The molecule has 1 amide bonds. The molecule has 5 heteroatoms. The number of aliphatic hydroxyl groups is 1. The number of hydrogen-bond acceptors (Lipinski definition) is 3. The zero-order valence-electron chi connectivity index (χ0n) is 9.43. The second-order valence-corrected chi connectivity index (χ2v) is 3.66. The first-order valence-corrected chi connectivity index (χ1v) is 5.32. The van der Waals surface area contributed by atoms with Crippen LogP contribution in [0.15, 0.2) is 42.6 Å². The minimum Gasteiger partial charge on any atom is -0.390 e. The SMILES string of the molecule is O=C(Nc1ccc(F)cc1)c1ccc(CO)nc1. The van der Waals surface area contributed by atoms with E-state index in [2.05, 4.69) is 10.3 Å². The van der Waals surface area contributed by atoms with Crippen LogP contribution in [0, 0.1) is 5.82 Å². The minimum atomic E-state index is -0.359. The van der Waals surface area contributed by atoms with Crippen molar-refractivity contribution in [3.63, 3.8) is 0 Å². The Balaban J connectivity index is 2.09. The monoisotopic (exact) mass is 246 g/mol. The van der Waals surface area contributed by atoms with Crippen LogP contribution in [-0.2, 0) is 6.61 Å². The highest BCUT2D eigenvalue weighted by molar-refractivity contribution is 6.04. The van der Waals surface area contributed by atoms with Crippen molar-refractivity contribution in [3.05, 3.63) is 59.7 Å². The van der Waals surface area contributed by atoms with Crippen LogP contribution in [-0.4, -0.2) is 16.0 Å². The molecule has 0 spiro atoms. The van der Waals surface area contributed by atoms with E-state index in [9.17, 15) is 9.18 Å². The minimum absolute atomic E-state index is 0.167. The Morgan fingerprint density at radius 3 is 2.50 bits per heavy atom. The van der Waals surface area contributed by atoms with E-state index in [0.29, 0.717) is 16.9 Å². The van der Waals surface area contributed by atoms with Crippen molar-refractivity contribution < 1.29 is 14.3 Å². The molecule has 1 heterocycles. The first-order chi connectivity index (χ1) is 8.69. The van der Waals surface area contributed by atoms with Gasteiger partial charge in [-0.2, -0.15) is 0 Å². The van der Waals surface area contributed by atoms with Crippen molar-refractivity contribution in [2.75, 3.05) is 5.32 Å². The van der Waals surface area contributed by atoms with Crippen LogP contribution in [0.25, 0.3) is 0 Å². The van der Waals surface area contributed by atoms with Crippen LogP contribution >= 0.6 is 0 Å². The van der Waals surface area contributed by atoms with Crippen LogP contribution < -0.4 is 5.32 Å². The second-order valence-electron chi connectivity index (χ2n) is 3.66. The fourth-order valence-corrected chi connectivity index (χ4v) is 1.39. The van der Waals surface area contributed by atoms with E-state index in [4.69, 9.17) is 5.11 Å². The molecule has 0 saturated carbocycles. The Labute approximate surface area is 103 Å². The quantitative estimate of drug-likeness (QED) is 0.870. The van der Waals surface area contributed by atoms with E-state index in [0.717, 1.165) is 0 Å². The molecule has 2 aromatic rings. The molecule has 0 aliphatic heterocycles. The largest absolute Gasteiger partial charge is 0.390 e. The van der Waals surface area contributed by atoms with Gasteiger partial charge in [-0.1, -0.05) is 0 Å². The fourth-order valence-electron chi connectivity index (χ4n) is 1.39. The number of carbonyl (C=O) groups is 1. The molecule has 18 heavy (non-hydrogen) atoms. The highest BCUT2D eigenvalue weighted by atomic mass is 19.1. The number of hydrogen-bond donors (Lipinski definition) is 2. The van der Waals surface area contributed by atoms with Gasteiger partial charge in [-0.25, -0.2) is 4.39 Å². The predicted molar refractivity (Wildman–Crippen MR) is 64.5 cm³/mol. The molecule has 0 saturated heterocycles. The second kappa shape index (κ2) is 5.37. The number of anilines is 1. The number of benzene rings is 1. The number of pyridine rings is 1. The topological polar surface area (TPSA) is 62.2 Å². The average Bonchev–Trinajstić information content (AvgIpc) is 2.41. The third-order valence-corrected chi connectivity index (χ3v) is 2.35. The molecule has 0 unspecified atom stereocenters. The zero-order valence-corrected chi connectivity index (χ0v) is 9.43. The van der Waals surface area contributed by atoms with Gasteiger partial charge >= 0.3 is 0 Å².